The molecule has 2 unspecified atom stereocenters. The number of nitrogens with one attached hydrogen (secondary N) is 1. The van der Waals surface area contributed by atoms with Crippen LogP contribution in [-0.4, -0.2) is 29.6 Å². The van der Waals surface area contributed by atoms with E-state index in [0.717, 1.165) is 36.0 Å². The maximum Gasteiger partial charge on any atom is 0.335 e. The lowest BCUT2D eigenvalue weighted by molar-refractivity contribution is 0.0696. The molecule has 0 bridgehead atoms. The molecule has 5 nitrogen and oxygen atoms in total. The number of unbranched alkanes of at least 4 members (excludes halogenated alkanes) is 1. The van der Waals surface area contributed by atoms with E-state index in [1.165, 1.54) is 0 Å². The number of halogens is 1. The average molecular weight is 464 g/mol. The number of amides is 1. The predicted octanol–water partition coefficient (Wildman–Crippen LogP) is 6.17. The molecule has 1 amide bonds. The number of rotatable bonds is 9. The van der Waals surface area contributed by atoms with Gasteiger partial charge in [0, 0.05) is 17.0 Å². The standard InChI is InChI=1S/C27H26ClNO4/c1-2-3-14-33-25-13-12-21(28)15-23(25)26(30)29-24-16-22(24)19-8-4-17(5-9-19)18-6-10-20(11-7-18)27(31)32/h4-13,15,22,24H,2-3,14,16H2,1H3,(H,29,30)(H,31,32). The molecule has 1 aliphatic carbocycles. The van der Waals surface area contributed by atoms with Crippen molar-refractivity contribution in [2.75, 3.05) is 6.61 Å². The number of carbonyl (C=O) groups excluding carboxylic acids is 1. The third-order valence-electron chi connectivity index (χ3n) is 5.85. The highest BCUT2D eigenvalue weighted by molar-refractivity contribution is 6.31. The van der Waals surface area contributed by atoms with Gasteiger partial charge in [0.2, 0.25) is 0 Å². The Morgan fingerprint density at radius 2 is 1.70 bits per heavy atom. The Bertz CT molecular complexity index is 1140. The van der Waals surface area contributed by atoms with Gasteiger partial charge in [-0.25, -0.2) is 4.79 Å². The van der Waals surface area contributed by atoms with Crippen molar-refractivity contribution < 1.29 is 19.4 Å². The van der Waals surface area contributed by atoms with Crippen molar-refractivity contribution in [2.24, 2.45) is 0 Å². The average Bonchev–Trinajstić information content (AvgIpc) is 3.59. The monoisotopic (exact) mass is 463 g/mol. The fourth-order valence-electron chi connectivity index (χ4n) is 3.83. The number of carboxylic acids is 1. The van der Waals surface area contributed by atoms with E-state index >= 15 is 0 Å². The second-order valence-corrected chi connectivity index (χ2v) is 8.71. The Morgan fingerprint density at radius 3 is 2.33 bits per heavy atom. The van der Waals surface area contributed by atoms with E-state index in [2.05, 4.69) is 24.4 Å². The van der Waals surface area contributed by atoms with Gasteiger partial charge >= 0.3 is 5.97 Å². The van der Waals surface area contributed by atoms with Crippen LogP contribution in [0.25, 0.3) is 11.1 Å². The first-order valence-corrected chi connectivity index (χ1v) is 11.5. The number of aromatic carboxylic acids is 1. The van der Waals surface area contributed by atoms with Crippen LogP contribution in [0.5, 0.6) is 5.75 Å². The van der Waals surface area contributed by atoms with Crippen molar-refractivity contribution in [2.45, 2.75) is 38.1 Å². The minimum Gasteiger partial charge on any atom is -0.493 e. The van der Waals surface area contributed by atoms with Gasteiger partial charge in [0.25, 0.3) is 5.91 Å². The van der Waals surface area contributed by atoms with Gasteiger partial charge in [0.15, 0.2) is 0 Å². The summed E-state index contributed by atoms with van der Waals surface area (Å²) in [4.78, 5) is 23.9. The molecule has 2 atom stereocenters. The molecule has 4 rings (SSSR count). The van der Waals surface area contributed by atoms with E-state index in [1.54, 1.807) is 30.3 Å². The number of ether oxygens (including phenoxy) is 1. The molecule has 0 spiro atoms. The third kappa shape index (κ3) is 5.55. The molecule has 170 valence electrons. The Balaban J connectivity index is 1.39. The van der Waals surface area contributed by atoms with Gasteiger partial charge in [-0.1, -0.05) is 61.3 Å². The maximum atomic E-state index is 12.9. The maximum absolute atomic E-state index is 12.9. The summed E-state index contributed by atoms with van der Waals surface area (Å²) in [5.74, 6) is -0.287. The van der Waals surface area contributed by atoms with E-state index in [-0.39, 0.29) is 23.4 Å². The molecule has 3 aromatic carbocycles. The fraction of sp³-hybridized carbons (Fsp3) is 0.259. The first kappa shape index (κ1) is 22.9. The van der Waals surface area contributed by atoms with Crippen LogP contribution in [-0.2, 0) is 0 Å². The summed E-state index contributed by atoms with van der Waals surface area (Å²) in [6.45, 7) is 2.66. The second-order valence-electron chi connectivity index (χ2n) is 8.27. The highest BCUT2D eigenvalue weighted by Crippen LogP contribution is 2.41. The van der Waals surface area contributed by atoms with Crippen LogP contribution in [0.2, 0.25) is 5.02 Å². The van der Waals surface area contributed by atoms with E-state index < -0.39 is 5.97 Å². The molecule has 0 aliphatic heterocycles. The van der Waals surface area contributed by atoms with Crippen molar-refractivity contribution in [3.8, 4) is 16.9 Å². The molecule has 3 aromatic rings. The van der Waals surface area contributed by atoms with Crippen molar-refractivity contribution in [3.05, 3.63) is 88.4 Å². The summed E-state index contributed by atoms with van der Waals surface area (Å²) in [5.41, 5.74) is 3.88. The predicted molar refractivity (Wildman–Crippen MR) is 129 cm³/mol. The number of benzene rings is 3. The first-order valence-electron chi connectivity index (χ1n) is 11.1. The summed E-state index contributed by atoms with van der Waals surface area (Å²) in [6, 6.07) is 20.2. The summed E-state index contributed by atoms with van der Waals surface area (Å²) in [5, 5.41) is 12.7. The van der Waals surface area contributed by atoms with Gasteiger partial charge in [-0.3, -0.25) is 4.79 Å². The van der Waals surface area contributed by atoms with Crippen LogP contribution in [0.15, 0.2) is 66.7 Å². The molecule has 0 heterocycles. The van der Waals surface area contributed by atoms with Gasteiger partial charge in [0.05, 0.1) is 17.7 Å². The first-order chi connectivity index (χ1) is 16.0. The van der Waals surface area contributed by atoms with Crippen LogP contribution in [0.3, 0.4) is 0 Å². The quantitative estimate of drug-likeness (QED) is 0.372. The SMILES string of the molecule is CCCCOc1ccc(Cl)cc1C(=O)NC1CC1c1ccc(-c2ccc(C(=O)O)cc2)cc1. The molecule has 1 saturated carbocycles. The topological polar surface area (TPSA) is 75.6 Å². The molecule has 2 N–H and O–H groups in total. The van der Waals surface area contributed by atoms with E-state index in [4.69, 9.17) is 21.4 Å². The van der Waals surface area contributed by atoms with Crippen molar-refractivity contribution in [3.63, 3.8) is 0 Å². The number of hydrogen-bond acceptors (Lipinski definition) is 3. The Morgan fingerprint density at radius 1 is 1.03 bits per heavy atom. The van der Waals surface area contributed by atoms with Gasteiger partial charge in [0.1, 0.15) is 5.75 Å². The lowest BCUT2D eigenvalue weighted by atomic mass is 10.0. The van der Waals surface area contributed by atoms with Crippen LogP contribution in [0.4, 0.5) is 0 Å². The normalized spacial score (nSPS) is 16.8. The van der Waals surface area contributed by atoms with Crippen molar-refractivity contribution in [1.29, 1.82) is 0 Å². The van der Waals surface area contributed by atoms with Crippen LogP contribution in [0.1, 0.15) is 58.4 Å². The zero-order valence-electron chi connectivity index (χ0n) is 18.4. The largest absolute Gasteiger partial charge is 0.493 e. The highest BCUT2D eigenvalue weighted by atomic mass is 35.5. The summed E-state index contributed by atoms with van der Waals surface area (Å²) in [7, 11) is 0. The molecule has 1 fully saturated rings. The van der Waals surface area contributed by atoms with E-state index in [1.807, 2.05) is 24.3 Å². The Labute approximate surface area is 198 Å². The summed E-state index contributed by atoms with van der Waals surface area (Å²) < 4.78 is 5.79. The van der Waals surface area contributed by atoms with Gasteiger partial charge in [-0.2, -0.15) is 0 Å². The third-order valence-corrected chi connectivity index (χ3v) is 6.09. The minimum absolute atomic E-state index is 0.0701. The molecule has 0 aromatic heterocycles. The summed E-state index contributed by atoms with van der Waals surface area (Å²) in [6.07, 6.45) is 2.82. The number of carboxylic acid groups (broad SMARTS) is 1. The molecule has 0 saturated heterocycles. The van der Waals surface area contributed by atoms with Gasteiger partial charge < -0.3 is 15.2 Å². The Kier molecular flexibility index (Phi) is 6.99. The molecule has 0 radical (unpaired) electrons. The highest BCUT2D eigenvalue weighted by Gasteiger charge is 2.39. The molecule has 6 heteroatoms. The fourth-order valence-corrected chi connectivity index (χ4v) is 4.00. The van der Waals surface area contributed by atoms with E-state index in [9.17, 15) is 9.59 Å². The van der Waals surface area contributed by atoms with E-state index in [0.29, 0.717) is 22.9 Å². The van der Waals surface area contributed by atoms with Crippen molar-refractivity contribution in [1.82, 2.24) is 5.32 Å². The van der Waals surface area contributed by atoms with Crippen LogP contribution < -0.4 is 10.1 Å². The zero-order valence-corrected chi connectivity index (χ0v) is 19.1. The van der Waals surface area contributed by atoms with Crippen molar-refractivity contribution >= 4 is 23.5 Å². The minimum atomic E-state index is -0.934. The molecular formula is C27H26ClNO4. The van der Waals surface area contributed by atoms with Gasteiger partial charge in [-0.05, 0) is 59.9 Å². The smallest absolute Gasteiger partial charge is 0.335 e. The number of carbonyl (C=O) groups is 2. The zero-order chi connectivity index (χ0) is 23.4. The Hall–Kier alpha value is -3.31. The lowest BCUT2D eigenvalue weighted by Gasteiger charge is -2.12. The molecule has 1 aliphatic rings. The lowest BCUT2D eigenvalue weighted by Crippen LogP contribution is -2.27. The van der Waals surface area contributed by atoms with Crippen LogP contribution in [0, 0.1) is 0 Å². The number of hydrogen-bond donors (Lipinski definition) is 2. The van der Waals surface area contributed by atoms with Crippen LogP contribution >= 0.6 is 11.6 Å². The molecule has 33 heavy (non-hydrogen) atoms. The molecular weight excluding hydrogens is 438 g/mol. The van der Waals surface area contributed by atoms with Gasteiger partial charge in [-0.15, -0.1) is 0 Å². The second kappa shape index (κ2) is 10.1. The summed E-state index contributed by atoms with van der Waals surface area (Å²) >= 11 is 6.12.